The zero-order valence-electron chi connectivity index (χ0n) is 25.4. The summed E-state index contributed by atoms with van der Waals surface area (Å²) >= 11 is 6.31. The van der Waals surface area contributed by atoms with Crippen LogP contribution in [0.15, 0.2) is 114 Å². The molecule has 0 aromatic heterocycles. The van der Waals surface area contributed by atoms with E-state index in [1.165, 1.54) is 29.2 Å². The van der Waals surface area contributed by atoms with E-state index in [1.54, 1.807) is 36.4 Å². The van der Waals surface area contributed by atoms with Crippen molar-refractivity contribution in [2.75, 3.05) is 10.8 Å². The molecule has 46 heavy (non-hydrogen) atoms. The molecule has 0 aliphatic heterocycles. The molecule has 5 rings (SSSR count). The Morgan fingerprint density at radius 2 is 1.46 bits per heavy atom. The Hall–Kier alpha value is -4.21. The second kappa shape index (κ2) is 15.4. The number of benzene rings is 4. The Balaban J connectivity index is 1.55. The summed E-state index contributed by atoms with van der Waals surface area (Å²) in [6.45, 7) is -0.608. The molecule has 0 bridgehead atoms. The highest BCUT2D eigenvalue weighted by molar-refractivity contribution is 7.92. The zero-order chi connectivity index (χ0) is 32.5. The molecule has 7 nitrogen and oxygen atoms in total. The van der Waals surface area contributed by atoms with E-state index in [2.05, 4.69) is 5.32 Å². The molecular weight excluding hydrogens is 625 g/mol. The van der Waals surface area contributed by atoms with Crippen molar-refractivity contribution < 1.29 is 22.4 Å². The van der Waals surface area contributed by atoms with E-state index in [0.717, 1.165) is 54.1 Å². The fourth-order valence-electron chi connectivity index (χ4n) is 5.79. The summed E-state index contributed by atoms with van der Waals surface area (Å²) in [7, 11) is -4.26. The van der Waals surface area contributed by atoms with Crippen molar-refractivity contribution in [3.05, 3.63) is 131 Å². The smallest absolute Gasteiger partial charge is 0.264 e. The van der Waals surface area contributed by atoms with Crippen LogP contribution >= 0.6 is 11.6 Å². The van der Waals surface area contributed by atoms with Crippen LogP contribution in [0, 0.1) is 5.82 Å². The summed E-state index contributed by atoms with van der Waals surface area (Å²) in [5, 5.41) is 3.65. The largest absolute Gasteiger partial charge is 0.352 e. The van der Waals surface area contributed by atoms with Crippen molar-refractivity contribution in [1.82, 2.24) is 10.2 Å². The average molecular weight is 662 g/mol. The van der Waals surface area contributed by atoms with Gasteiger partial charge in [-0.1, -0.05) is 91.5 Å². The molecular formula is C36H37ClFN3O4S. The number of rotatable bonds is 12. The molecule has 240 valence electrons. The highest BCUT2D eigenvalue weighted by Crippen LogP contribution is 2.26. The van der Waals surface area contributed by atoms with E-state index >= 15 is 0 Å². The van der Waals surface area contributed by atoms with Gasteiger partial charge in [0.25, 0.3) is 10.0 Å². The van der Waals surface area contributed by atoms with Crippen molar-refractivity contribution in [3.63, 3.8) is 0 Å². The summed E-state index contributed by atoms with van der Waals surface area (Å²) in [6, 6.07) is 28.2. The maximum absolute atomic E-state index is 14.5. The van der Waals surface area contributed by atoms with Gasteiger partial charge in [-0.25, -0.2) is 12.8 Å². The molecule has 0 spiro atoms. The number of hydrogen-bond acceptors (Lipinski definition) is 4. The van der Waals surface area contributed by atoms with Crippen LogP contribution in [0.25, 0.3) is 0 Å². The van der Waals surface area contributed by atoms with Gasteiger partial charge in [-0.2, -0.15) is 0 Å². The summed E-state index contributed by atoms with van der Waals surface area (Å²) in [4.78, 5) is 30.1. The van der Waals surface area contributed by atoms with Gasteiger partial charge in [0.1, 0.15) is 18.4 Å². The summed E-state index contributed by atoms with van der Waals surface area (Å²) in [6.07, 6.45) is 5.09. The second-order valence-corrected chi connectivity index (χ2v) is 13.8. The van der Waals surface area contributed by atoms with Gasteiger partial charge in [0, 0.05) is 24.0 Å². The first-order valence-electron chi connectivity index (χ1n) is 15.4. The minimum atomic E-state index is -4.26. The van der Waals surface area contributed by atoms with Gasteiger partial charge in [-0.05, 0) is 72.5 Å². The lowest BCUT2D eigenvalue weighted by Gasteiger charge is -2.35. The molecule has 1 aliphatic rings. The van der Waals surface area contributed by atoms with E-state index in [1.807, 2.05) is 36.4 Å². The minimum Gasteiger partial charge on any atom is -0.352 e. The molecule has 0 radical (unpaired) electrons. The van der Waals surface area contributed by atoms with Crippen molar-refractivity contribution >= 4 is 39.1 Å². The zero-order valence-corrected chi connectivity index (χ0v) is 27.0. The molecule has 4 aromatic rings. The third-order valence-corrected chi connectivity index (χ3v) is 10.2. The number of carbonyl (C=O) groups is 2. The highest BCUT2D eigenvalue weighted by atomic mass is 35.5. The van der Waals surface area contributed by atoms with Gasteiger partial charge >= 0.3 is 0 Å². The third-order valence-electron chi connectivity index (χ3n) is 8.19. The van der Waals surface area contributed by atoms with Crippen molar-refractivity contribution in [2.24, 2.45) is 0 Å². The lowest BCUT2D eigenvalue weighted by atomic mass is 9.94. The molecule has 0 saturated heterocycles. The van der Waals surface area contributed by atoms with Crippen LogP contribution in [0.5, 0.6) is 0 Å². The van der Waals surface area contributed by atoms with E-state index in [9.17, 15) is 22.4 Å². The molecule has 1 aliphatic carbocycles. The predicted octanol–water partition coefficient (Wildman–Crippen LogP) is 6.76. The molecule has 1 N–H and O–H groups in total. The Morgan fingerprint density at radius 1 is 0.826 bits per heavy atom. The van der Waals surface area contributed by atoms with Gasteiger partial charge in [0.2, 0.25) is 11.8 Å². The van der Waals surface area contributed by atoms with Crippen LogP contribution in [-0.4, -0.2) is 43.8 Å². The Kier molecular flexibility index (Phi) is 11.1. The predicted molar refractivity (Wildman–Crippen MR) is 178 cm³/mol. The lowest BCUT2D eigenvalue weighted by Crippen LogP contribution is -2.55. The minimum absolute atomic E-state index is 0.00295. The maximum atomic E-state index is 14.5. The number of nitrogens with one attached hydrogen (secondary N) is 1. The topological polar surface area (TPSA) is 86.8 Å². The summed E-state index contributed by atoms with van der Waals surface area (Å²) in [5.41, 5.74) is 1.65. The standard InChI is InChI=1S/C36H37ClFN3O4S/c37-29-14-10-13-28(23-29)25-40(34(24-27-11-4-1-5-12-27)36(43)39-31-15-6-2-7-16-31)35(42)26-41(32-21-19-30(38)20-22-32)46(44,45)33-17-8-3-9-18-33/h1,3-5,8-14,17-23,31,34H,2,6-7,15-16,24-26H2,(H,39,43)/t34-/m0/s1. The Morgan fingerprint density at radius 3 is 2.11 bits per heavy atom. The highest BCUT2D eigenvalue weighted by Gasteiger charge is 2.35. The first-order valence-corrected chi connectivity index (χ1v) is 17.2. The van der Waals surface area contributed by atoms with Crippen molar-refractivity contribution in [3.8, 4) is 0 Å². The SMILES string of the molecule is O=C(NC1CCCCC1)[C@H](Cc1ccccc1)N(Cc1cccc(Cl)c1)C(=O)CN(c1ccc(F)cc1)S(=O)(=O)c1ccccc1. The fourth-order valence-corrected chi connectivity index (χ4v) is 7.43. The Bertz CT molecular complexity index is 1720. The van der Waals surface area contributed by atoms with Crippen molar-refractivity contribution in [1.29, 1.82) is 0 Å². The first-order chi connectivity index (χ1) is 22.2. The average Bonchev–Trinajstić information content (AvgIpc) is 3.07. The van der Waals surface area contributed by atoms with Crippen LogP contribution in [-0.2, 0) is 32.6 Å². The number of amides is 2. The molecule has 1 fully saturated rings. The third kappa shape index (κ3) is 8.53. The maximum Gasteiger partial charge on any atom is 0.264 e. The second-order valence-electron chi connectivity index (χ2n) is 11.5. The van der Waals surface area contributed by atoms with Gasteiger partial charge in [-0.15, -0.1) is 0 Å². The van der Waals surface area contributed by atoms with Crippen LogP contribution < -0.4 is 9.62 Å². The Labute approximate surface area is 275 Å². The molecule has 10 heteroatoms. The van der Waals surface area contributed by atoms with Gasteiger partial charge < -0.3 is 10.2 Å². The molecule has 1 atom stereocenters. The normalized spacial score (nSPS) is 14.3. The van der Waals surface area contributed by atoms with E-state index < -0.39 is 34.3 Å². The number of nitrogens with zero attached hydrogens (tertiary/aromatic N) is 2. The number of halogens is 2. The van der Waals surface area contributed by atoms with E-state index in [4.69, 9.17) is 11.6 Å². The molecule has 0 unspecified atom stereocenters. The number of carbonyl (C=O) groups excluding carboxylic acids is 2. The monoisotopic (exact) mass is 661 g/mol. The number of hydrogen-bond donors (Lipinski definition) is 1. The molecule has 0 heterocycles. The van der Waals surface area contributed by atoms with Gasteiger partial charge in [0.05, 0.1) is 10.6 Å². The van der Waals surface area contributed by atoms with Crippen LogP contribution in [0.3, 0.4) is 0 Å². The van der Waals surface area contributed by atoms with E-state index in [0.29, 0.717) is 10.6 Å². The molecule has 2 amide bonds. The van der Waals surface area contributed by atoms with E-state index in [-0.39, 0.29) is 35.5 Å². The molecule has 4 aromatic carbocycles. The van der Waals surface area contributed by atoms with Gasteiger partial charge in [0.15, 0.2) is 0 Å². The first kappa shape index (κ1) is 33.2. The number of anilines is 1. The van der Waals surface area contributed by atoms with Gasteiger partial charge in [-0.3, -0.25) is 13.9 Å². The van der Waals surface area contributed by atoms with Crippen molar-refractivity contribution in [2.45, 2.75) is 62.0 Å². The quantitative estimate of drug-likeness (QED) is 0.182. The van der Waals surface area contributed by atoms with Crippen LogP contribution in [0.4, 0.5) is 10.1 Å². The van der Waals surface area contributed by atoms with Crippen LogP contribution in [0.1, 0.15) is 43.2 Å². The lowest BCUT2D eigenvalue weighted by molar-refractivity contribution is -0.140. The fraction of sp³-hybridized carbons (Fsp3) is 0.278. The summed E-state index contributed by atoms with van der Waals surface area (Å²) in [5.74, 6) is -1.44. The number of sulfonamides is 1. The molecule has 1 saturated carbocycles. The van der Waals surface area contributed by atoms with Crippen LogP contribution in [0.2, 0.25) is 5.02 Å². The summed E-state index contributed by atoms with van der Waals surface area (Å²) < 4.78 is 42.9.